The van der Waals surface area contributed by atoms with E-state index in [0.717, 1.165) is 0 Å². The molecule has 0 bridgehead atoms. The van der Waals surface area contributed by atoms with E-state index in [9.17, 15) is 14.4 Å². The number of fused-ring (bicyclic) bond motifs is 1. The highest BCUT2D eigenvalue weighted by Crippen LogP contribution is 2.23. The van der Waals surface area contributed by atoms with Crippen molar-refractivity contribution in [3.8, 4) is 0 Å². The van der Waals surface area contributed by atoms with E-state index in [1.807, 2.05) is 13.8 Å². The van der Waals surface area contributed by atoms with E-state index in [0.29, 0.717) is 16.1 Å². The second-order valence-electron chi connectivity index (χ2n) is 6.12. The lowest BCUT2D eigenvalue weighted by Gasteiger charge is -2.17. The van der Waals surface area contributed by atoms with Gasteiger partial charge in [-0.1, -0.05) is 23.9 Å². The Morgan fingerprint density at radius 2 is 1.96 bits per heavy atom. The normalized spacial score (nSPS) is 12.2. The van der Waals surface area contributed by atoms with Gasteiger partial charge in [0.25, 0.3) is 5.56 Å². The number of rotatable bonds is 7. The van der Waals surface area contributed by atoms with Crippen LogP contribution in [0.25, 0.3) is 10.9 Å². The molecule has 2 aromatic rings. The number of thioether (sulfide) groups is 1. The monoisotopic (exact) mass is 377 g/mol. The number of aromatic nitrogens is 2. The van der Waals surface area contributed by atoms with Crippen molar-refractivity contribution in [3.63, 3.8) is 0 Å². The highest BCUT2D eigenvalue weighted by molar-refractivity contribution is 8.00. The molecule has 0 aliphatic rings. The molecule has 0 fully saturated rings. The molecular weight excluding hydrogens is 354 g/mol. The third-order valence-corrected chi connectivity index (χ3v) is 4.77. The maximum atomic E-state index is 12.8. The summed E-state index contributed by atoms with van der Waals surface area (Å²) in [7, 11) is 1.30. The quantitative estimate of drug-likeness (QED) is 0.451. The third-order valence-electron chi connectivity index (χ3n) is 3.68. The van der Waals surface area contributed by atoms with Gasteiger partial charge in [0.05, 0.1) is 29.7 Å². The second kappa shape index (κ2) is 8.84. The number of methoxy groups -OCH3 is 1. The first kappa shape index (κ1) is 20.0. The van der Waals surface area contributed by atoms with Crippen molar-refractivity contribution in [1.29, 1.82) is 0 Å². The van der Waals surface area contributed by atoms with Crippen LogP contribution in [0.3, 0.4) is 0 Å². The fourth-order valence-corrected chi connectivity index (χ4v) is 3.30. The molecular formula is C18H23N3O4S. The highest BCUT2D eigenvalue weighted by atomic mass is 32.2. The number of nitrogens with one attached hydrogen (secondary N) is 1. The van der Waals surface area contributed by atoms with Gasteiger partial charge in [0.2, 0.25) is 5.91 Å². The number of para-hydroxylation sites is 1. The minimum absolute atomic E-state index is 0.0247. The van der Waals surface area contributed by atoms with Crippen molar-refractivity contribution in [2.45, 2.75) is 50.2 Å². The Balaban J connectivity index is 2.40. The van der Waals surface area contributed by atoms with Crippen LogP contribution < -0.4 is 10.9 Å². The molecule has 0 spiro atoms. The van der Waals surface area contributed by atoms with Crippen LogP contribution in [-0.2, 0) is 20.9 Å². The lowest BCUT2D eigenvalue weighted by atomic mass is 10.2. The van der Waals surface area contributed by atoms with Gasteiger partial charge in [-0.15, -0.1) is 0 Å². The van der Waals surface area contributed by atoms with Gasteiger partial charge in [-0.2, -0.15) is 0 Å². The molecule has 0 saturated carbocycles. The summed E-state index contributed by atoms with van der Waals surface area (Å²) in [6.45, 7) is 5.67. The summed E-state index contributed by atoms with van der Waals surface area (Å²) in [6.07, 6.45) is 0.0521. The molecule has 1 N–H and O–H groups in total. The van der Waals surface area contributed by atoms with E-state index in [4.69, 9.17) is 0 Å². The van der Waals surface area contributed by atoms with Gasteiger partial charge >= 0.3 is 5.97 Å². The second-order valence-corrected chi connectivity index (χ2v) is 7.43. The molecule has 1 heterocycles. The van der Waals surface area contributed by atoms with Crippen LogP contribution in [0.4, 0.5) is 0 Å². The van der Waals surface area contributed by atoms with Gasteiger partial charge < -0.3 is 10.1 Å². The van der Waals surface area contributed by atoms with Crippen molar-refractivity contribution in [2.24, 2.45) is 0 Å². The molecule has 1 aromatic carbocycles. The molecule has 7 nitrogen and oxygen atoms in total. The predicted octanol–water partition coefficient (Wildman–Crippen LogP) is 1.96. The fourth-order valence-electron chi connectivity index (χ4n) is 2.35. The van der Waals surface area contributed by atoms with Crippen LogP contribution in [0.1, 0.15) is 27.2 Å². The van der Waals surface area contributed by atoms with Crippen LogP contribution in [0.2, 0.25) is 0 Å². The van der Waals surface area contributed by atoms with Gasteiger partial charge in [-0.05, 0) is 32.9 Å². The molecule has 0 radical (unpaired) electrons. The van der Waals surface area contributed by atoms with Crippen LogP contribution >= 0.6 is 11.8 Å². The van der Waals surface area contributed by atoms with E-state index in [1.165, 1.54) is 23.4 Å². The zero-order valence-corrected chi connectivity index (χ0v) is 16.1. The molecule has 0 aliphatic heterocycles. The third kappa shape index (κ3) is 4.85. The van der Waals surface area contributed by atoms with Gasteiger partial charge in [-0.3, -0.25) is 19.0 Å². The first-order valence-electron chi connectivity index (χ1n) is 8.37. The number of amides is 1. The van der Waals surface area contributed by atoms with Crippen LogP contribution in [0.15, 0.2) is 34.2 Å². The van der Waals surface area contributed by atoms with Crippen molar-refractivity contribution >= 4 is 34.5 Å². The number of ether oxygens (including phenoxy) is 1. The van der Waals surface area contributed by atoms with E-state index >= 15 is 0 Å². The highest BCUT2D eigenvalue weighted by Gasteiger charge is 2.20. The molecule has 1 atom stereocenters. The number of hydrogen-bond donors (Lipinski definition) is 1. The summed E-state index contributed by atoms with van der Waals surface area (Å²) in [5.74, 6) is -0.543. The summed E-state index contributed by atoms with van der Waals surface area (Å²) in [6, 6.07) is 7.04. The Labute approximate surface area is 156 Å². The topological polar surface area (TPSA) is 90.3 Å². The van der Waals surface area contributed by atoms with Crippen molar-refractivity contribution in [1.82, 2.24) is 14.9 Å². The first-order chi connectivity index (χ1) is 12.3. The Hall–Kier alpha value is -2.35. The number of carbonyl (C=O) groups excluding carboxylic acids is 2. The van der Waals surface area contributed by atoms with Crippen molar-refractivity contribution < 1.29 is 14.3 Å². The van der Waals surface area contributed by atoms with Gasteiger partial charge in [-0.25, -0.2) is 4.98 Å². The molecule has 1 amide bonds. The van der Waals surface area contributed by atoms with Gasteiger partial charge in [0, 0.05) is 12.6 Å². The molecule has 1 aromatic heterocycles. The average molecular weight is 377 g/mol. The summed E-state index contributed by atoms with van der Waals surface area (Å²) < 4.78 is 6.09. The van der Waals surface area contributed by atoms with E-state index < -0.39 is 11.2 Å². The van der Waals surface area contributed by atoms with E-state index in [2.05, 4.69) is 15.0 Å². The molecule has 2 rings (SSSR count). The predicted molar refractivity (Wildman–Crippen MR) is 101 cm³/mol. The summed E-state index contributed by atoms with van der Waals surface area (Å²) >= 11 is 1.20. The van der Waals surface area contributed by atoms with Crippen LogP contribution in [0.5, 0.6) is 0 Å². The number of carbonyl (C=O) groups is 2. The van der Waals surface area contributed by atoms with Crippen molar-refractivity contribution in [3.05, 3.63) is 34.6 Å². The number of hydrogen-bond acceptors (Lipinski definition) is 6. The van der Waals surface area contributed by atoms with E-state index in [1.54, 1.807) is 31.2 Å². The smallest absolute Gasteiger partial charge is 0.307 e. The number of nitrogens with zero attached hydrogens (tertiary/aromatic N) is 2. The molecule has 8 heteroatoms. The standard InChI is InChI=1S/C18H23N3O4S/c1-11(2)19-16(23)12(3)26-18-20-14-8-6-5-7-13(14)17(24)21(18)10-9-15(22)25-4/h5-8,11-12H,9-10H2,1-4H3,(H,19,23)/t12-/m1/s1. The Morgan fingerprint density at radius 1 is 1.27 bits per heavy atom. The Kier molecular flexibility index (Phi) is 6.79. The van der Waals surface area contributed by atoms with Gasteiger partial charge in [0.15, 0.2) is 5.16 Å². The van der Waals surface area contributed by atoms with Crippen molar-refractivity contribution in [2.75, 3.05) is 7.11 Å². The largest absolute Gasteiger partial charge is 0.469 e. The molecule has 140 valence electrons. The van der Waals surface area contributed by atoms with Gasteiger partial charge in [0.1, 0.15) is 0 Å². The lowest BCUT2D eigenvalue weighted by molar-refractivity contribution is -0.140. The average Bonchev–Trinajstić information content (AvgIpc) is 2.60. The minimum Gasteiger partial charge on any atom is -0.469 e. The molecule has 0 aliphatic carbocycles. The Morgan fingerprint density at radius 3 is 2.62 bits per heavy atom. The van der Waals surface area contributed by atoms with E-state index in [-0.39, 0.29) is 30.5 Å². The summed E-state index contributed by atoms with van der Waals surface area (Å²) in [5.41, 5.74) is 0.323. The fraction of sp³-hybridized carbons (Fsp3) is 0.444. The molecule has 26 heavy (non-hydrogen) atoms. The maximum Gasteiger partial charge on any atom is 0.307 e. The molecule has 0 saturated heterocycles. The minimum atomic E-state index is -0.435. The lowest BCUT2D eigenvalue weighted by Crippen LogP contribution is -2.36. The van der Waals surface area contributed by atoms with Crippen LogP contribution in [0, 0.1) is 0 Å². The Bertz CT molecular complexity index is 863. The zero-order valence-electron chi connectivity index (χ0n) is 15.3. The maximum absolute atomic E-state index is 12.8. The SMILES string of the molecule is COC(=O)CCn1c(S[C@H](C)C(=O)NC(C)C)nc2ccccc2c1=O. The molecule has 0 unspecified atom stereocenters. The first-order valence-corrected chi connectivity index (χ1v) is 9.25. The number of esters is 1. The summed E-state index contributed by atoms with van der Waals surface area (Å²) in [5, 5.41) is 3.29. The van der Waals surface area contributed by atoms with Crippen LogP contribution in [-0.4, -0.2) is 39.8 Å². The number of benzene rings is 1. The summed E-state index contributed by atoms with van der Waals surface area (Å²) in [4.78, 5) is 41.1. The zero-order chi connectivity index (χ0) is 19.3.